The zero-order valence-electron chi connectivity index (χ0n) is 15.6. The lowest BCUT2D eigenvalue weighted by Gasteiger charge is -2.24. The second kappa shape index (κ2) is 13.9. The molecule has 0 aliphatic heterocycles. The molecule has 0 aromatic heterocycles. The van der Waals surface area contributed by atoms with Crippen LogP contribution in [0.5, 0.6) is 0 Å². The Balaban J connectivity index is 5.34. The van der Waals surface area contributed by atoms with Gasteiger partial charge in [0.2, 0.25) is 0 Å². The second-order valence-electron chi connectivity index (χ2n) is 5.55. The van der Waals surface area contributed by atoms with Gasteiger partial charge in [0.1, 0.15) is 6.29 Å². The second-order valence-corrected chi connectivity index (χ2v) is 5.55. The number of nitrogens with zero attached hydrogens (tertiary/aromatic N) is 1. The molecule has 4 heteroatoms. The van der Waals surface area contributed by atoms with Crippen molar-refractivity contribution in [2.75, 3.05) is 27.2 Å². The first-order valence-corrected chi connectivity index (χ1v) is 8.83. The predicted octanol–water partition coefficient (Wildman–Crippen LogP) is 3.59. The zero-order valence-corrected chi connectivity index (χ0v) is 15.6. The maximum Gasteiger partial charge on any atom is 0.144 e. The number of carbonyl (C=O) groups excluding carboxylic acids is 1. The van der Waals surface area contributed by atoms with Gasteiger partial charge in [-0.05, 0) is 32.0 Å². The van der Waals surface area contributed by atoms with Gasteiger partial charge < -0.3 is 15.5 Å². The highest BCUT2D eigenvalue weighted by molar-refractivity contribution is 5.68. The van der Waals surface area contributed by atoms with Crippen LogP contribution in [0.4, 0.5) is 0 Å². The average Bonchev–Trinajstić information content (AvgIpc) is 2.57. The molecule has 0 fully saturated rings. The Hall–Kier alpha value is -1.71. The van der Waals surface area contributed by atoms with E-state index in [4.69, 9.17) is 0 Å². The number of nitrogens with one attached hydrogen (secondary N) is 2. The molecular formula is C19H35N3O. The molecule has 0 aromatic rings. The van der Waals surface area contributed by atoms with Gasteiger partial charge in [-0.1, -0.05) is 33.1 Å². The molecule has 0 bridgehead atoms. The molecule has 4 nitrogen and oxygen atoms in total. The molecule has 0 amide bonds. The van der Waals surface area contributed by atoms with E-state index in [2.05, 4.69) is 43.4 Å². The monoisotopic (exact) mass is 321 g/mol. The highest BCUT2D eigenvalue weighted by Crippen LogP contribution is 2.20. The third kappa shape index (κ3) is 8.48. The molecule has 0 saturated heterocycles. The molecule has 0 aromatic carbocycles. The first-order chi connectivity index (χ1) is 11.2. The van der Waals surface area contributed by atoms with Crippen LogP contribution in [0, 0.1) is 0 Å². The van der Waals surface area contributed by atoms with Crippen LogP contribution in [0.3, 0.4) is 0 Å². The van der Waals surface area contributed by atoms with E-state index in [0.717, 1.165) is 43.5 Å². The average molecular weight is 322 g/mol. The summed E-state index contributed by atoms with van der Waals surface area (Å²) in [5.74, 6) is 0. The molecule has 0 saturated carbocycles. The van der Waals surface area contributed by atoms with Crippen LogP contribution < -0.4 is 10.6 Å². The number of carbonyl (C=O) groups is 1. The summed E-state index contributed by atoms with van der Waals surface area (Å²) in [5.41, 5.74) is 3.21. The third-order valence-corrected chi connectivity index (χ3v) is 3.87. The summed E-state index contributed by atoms with van der Waals surface area (Å²) < 4.78 is 0. The van der Waals surface area contributed by atoms with Gasteiger partial charge in [0.25, 0.3) is 0 Å². The summed E-state index contributed by atoms with van der Waals surface area (Å²) >= 11 is 0. The number of rotatable bonds is 13. The van der Waals surface area contributed by atoms with Crippen LogP contribution in [0.25, 0.3) is 0 Å². The molecule has 132 valence electrons. The number of aldehydes is 1. The van der Waals surface area contributed by atoms with E-state index in [1.165, 1.54) is 25.0 Å². The number of allylic oxidation sites excluding steroid dienone is 3. The standard InChI is InChI=1S/C19H35N3O/c1-6-9-10-11-14-21-18(13-16-23)17(12-15-20-4)19(7-2)22(5)8-3/h12-13,15-16,20-21H,6-11,14H2,1-5H3/b15-12+,18-13+,19-17-. The Morgan fingerprint density at radius 3 is 2.39 bits per heavy atom. The van der Waals surface area contributed by atoms with Crippen molar-refractivity contribution in [3.8, 4) is 0 Å². The maximum absolute atomic E-state index is 11.1. The molecular weight excluding hydrogens is 286 g/mol. The van der Waals surface area contributed by atoms with E-state index in [1.54, 1.807) is 6.08 Å². The topological polar surface area (TPSA) is 44.4 Å². The van der Waals surface area contributed by atoms with Gasteiger partial charge in [-0.15, -0.1) is 0 Å². The molecule has 0 spiro atoms. The summed E-state index contributed by atoms with van der Waals surface area (Å²) in [7, 11) is 3.97. The SMILES string of the molecule is CCCCCCNC(=C/C=O)/C(/C=C/NC)=C(/CC)N(C)CC. The van der Waals surface area contributed by atoms with Crippen LogP contribution in [0.2, 0.25) is 0 Å². The first-order valence-electron chi connectivity index (χ1n) is 8.83. The van der Waals surface area contributed by atoms with Crippen molar-refractivity contribution in [1.29, 1.82) is 0 Å². The van der Waals surface area contributed by atoms with E-state index in [9.17, 15) is 4.79 Å². The third-order valence-electron chi connectivity index (χ3n) is 3.87. The van der Waals surface area contributed by atoms with Crippen molar-refractivity contribution in [2.45, 2.75) is 52.9 Å². The molecule has 0 unspecified atom stereocenters. The maximum atomic E-state index is 11.1. The first kappa shape index (κ1) is 21.3. The lowest BCUT2D eigenvalue weighted by Crippen LogP contribution is -2.23. The highest BCUT2D eigenvalue weighted by atomic mass is 16.1. The smallest absolute Gasteiger partial charge is 0.144 e. The molecule has 0 heterocycles. The van der Waals surface area contributed by atoms with Gasteiger partial charge in [-0.25, -0.2) is 0 Å². The number of unbranched alkanes of at least 4 members (excludes halogenated alkanes) is 3. The molecule has 2 N–H and O–H groups in total. The van der Waals surface area contributed by atoms with E-state index in [-0.39, 0.29) is 0 Å². The summed E-state index contributed by atoms with van der Waals surface area (Å²) in [6.45, 7) is 8.32. The molecule has 0 radical (unpaired) electrons. The molecule has 0 aliphatic carbocycles. The van der Waals surface area contributed by atoms with Gasteiger partial charge in [-0.2, -0.15) is 0 Å². The van der Waals surface area contributed by atoms with E-state index in [0.29, 0.717) is 0 Å². The van der Waals surface area contributed by atoms with Crippen LogP contribution in [-0.4, -0.2) is 38.4 Å². The van der Waals surface area contributed by atoms with Crippen LogP contribution >= 0.6 is 0 Å². The summed E-state index contributed by atoms with van der Waals surface area (Å²) in [4.78, 5) is 13.3. The summed E-state index contributed by atoms with van der Waals surface area (Å²) in [6, 6.07) is 0. The van der Waals surface area contributed by atoms with Gasteiger partial charge >= 0.3 is 0 Å². The molecule has 0 atom stereocenters. The largest absolute Gasteiger partial charge is 0.394 e. The lowest BCUT2D eigenvalue weighted by atomic mass is 10.1. The number of hydrogen-bond donors (Lipinski definition) is 2. The normalized spacial score (nSPS) is 13.0. The summed E-state index contributed by atoms with van der Waals surface area (Å²) in [5, 5.41) is 6.49. The summed E-state index contributed by atoms with van der Waals surface area (Å²) in [6.07, 6.45) is 12.2. The molecule has 0 aliphatic rings. The number of hydrogen-bond acceptors (Lipinski definition) is 4. The quantitative estimate of drug-likeness (QED) is 0.235. The van der Waals surface area contributed by atoms with Crippen LogP contribution in [-0.2, 0) is 4.79 Å². The van der Waals surface area contributed by atoms with Crippen molar-refractivity contribution < 1.29 is 4.79 Å². The Labute approximate surface area is 142 Å². The fourth-order valence-electron chi connectivity index (χ4n) is 2.45. The fraction of sp³-hybridized carbons (Fsp3) is 0.632. The van der Waals surface area contributed by atoms with Gasteiger partial charge in [0, 0.05) is 50.2 Å². The van der Waals surface area contributed by atoms with E-state index >= 15 is 0 Å². The van der Waals surface area contributed by atoms with Gasteiger partial charge in [-0.3, -0.25) is 4.79 Å². The van der Waals surface area contributed by atoms with Gasteiger partial charge in [0.15, 0.2) is 0 Å². The minimum absolute atomic E-state index is 0.862. The fourth-order valence-corrected chi connectivity index (χ4v) is 2.45. The van der Waals surface area contributed by atoms with Crippen molar-refractivity contribution in [3.63, 3.8) is 0 Å². The van der Waals surface area contributed by atoms with Crippen molar-refractivity contribution >= 4 is 6.29 Å². The van der Waals surface area contributed by atoms with E-state index < -0.39 is 0 Å². The highest BCUT2D eigenvalue weighted by Gasteiger charge is 2.11. The lowest BCUT2D eigenvalue weighted by molar-refractivity contribution is -0.104. The molecule has 23 heavy (non-hydrogen) atoms. The van der Waals surface area contributed by atoms with Gasteiger partial charge in [0.05, 0.1) is 0 Å². The van der Waals surface area contributed by atoms with Crippen LogP contribution in [0.15, 0.2) is 35.3 Å². The minimum atomic E-state index is 0.862. The van der Waals surface area contributed by atoms with Crippen molar-refractivity contribution in [3.05, 3.63) is 35.3 Å². The van der Waals surface area contributed by atoms with E-state index in [1.807, 2.05) is 19.3 Å². The Morgan fingerprint density at radius 2 is 1.87 bits per heavy atom. The Morgan fingerprint density at radius 1 is 1.13 bits per heavy atom. The molecule has 0 rings (SSSR count). The predicted molar refractivity (Wildman–Crippen MR) is 100 cm³/mol. The minimum Gasteiger partial charge on any atom is -0.394 e. The zero-order chi connectivity index (χ0) is 17.5. The van der Waals surface area contributed by atoms with Crippen molar-refractivity contribution in [1.82, 2.24) is 15.5 Å². The van der Waals surface area contributed by atoms with Crippen molar-refractivity contribution in [2.24, 2.45) is 0 Å². The Kier molecular flexibility index (Phi) is 12.9. The van der Waals surface area contributed by atoms with Crippen LogP contribution in [0.1, 0.15) is 52.9 Å². The Bertz CT molecular complexity index is 411.